The normalized spacial score (nSPS) is 21.0. The number of aromatic nitrogens is 2. The second-order valence-corrected chi connectivity index (χ2v) is 4.09. The van der Waals surface area contributed by atoms with Crippen LogP contribution in [0.15, 0.2) is 10.7 Å². The van der Waals surface area contributed by atoms with Gasteiger partial charge in [-0.05, 0) is 22.4 Å². The zero-order chi connectivity index (χ0) is 9.97. The van der Waals surface area contributed by atoms with Crippen molar-refractivity contribution in [2.45, 2.75) is 18.9 Å². The van der Waals surface area contributed by atoms with E-state index < -0.39 is 0 Å². The van der Waals surface area contributed by atoms with Crippen LogP contribution < -0.4 is 0 Å². The van der Waals surface area contributed by atoms with Gasteiger partial charge >= 0.3 is 0 Å². The molecular formula is C9H10BrN3O. The molecule has 1 aromatic heterocycles. The van der Waals surface area contributed by atoms with Crippen molar-refractivity contribution < 1.29 is 4.74 Å². The Labute approximate surface area is 90.6 Å². The lowest BCUT2D eigenvalue weighted by Crippen LogP contribution is -2.13. The maximum absolute atomic E-state index is 8.69. The summed E-state index contributed by atoms with van der Waals surface area (Å²) < 4.78 is 8.11. The molecule has 0 N–H and O–H groups in total. The van der Waals surface area contributed by atoms with E-state index in [0.717, 1.165) is 23.2 Å². The summed E-state index contributed by atoms with van der Waals surface area (Å²) in [5, 5.41) is 12.9. The van der Waals surface area contributed by atoms with Crippen LogP contribution in [0, 0.1) is 11.3 Å². The Morgan fingerprint density at radius 1 is 1.79 bits per heavy atom. The third-order valence-electron chi connectivity index (χ3n) is 2.35. The molecule has 5 heteroatoms. The average Bonchev–Trinajstić information content (AvgIpc) is 2.77. The van der Waals surface area contributed by atoms with Crippen LogP contribution in [0.5, 0.6) is 0 Å². The lowest BCUT2D eigenvalue weighted by atomic mass is 10.2. The Morgan fingerprint density at radius 3 is 3.29 bits per heavy atom. The minimum Gasteiger partial charge on any atom is -0.379 e. The van der Waals surface area contributed by atoms with E-state index in [-0.39, 0.29) is 0 Å². The third kappa shape index (κ3) is 1.68. The second-order valence-electron chi connectivity index (χ2n) is 3.24. The van der Waals surface area contributed by atoms with Crippen LogP contribution in [-0.2, 0) is 11.2 Å². The van der Waals surface area contributed by atoms with Crippen molar-refractivity contribution in [1.82, 2.24) is 9.78 Å². The molecule has 0 bridgehead atoms. The minimum absolute atomic E-state index is 0.296. The van der Waals surface area contributed by atoms with Crippen LogP contribution in [0.4, 0.5) is 0 Å². The van der Waals surface area contributed by atoms with Crippen molar-refractivity contribution in [3.63, 3.8) is 0 Å². The van der Waals surface area contributed by atoms with Gasteiger partial charge in [0, 0.05) is 6.61 Å². The fourth-order valence-electron chi connectivity index (χ4n) is 1.64. The number of ether oxygens (including phenoxy) is 1. The quantitative estimate of drug-likeness (QED) is 0.808. The van der Waals surface area contributed by atoms with Crippen LogP contribution in [0.2, 0.25) is 0 Å². The minimum atomic E-state index is 0.296. The van der Waals surface area contributed by atoms with E-state index in [2.05, 4.69) is 27.1 Å². The van der Waals surface area contributed by atoms with E-state index in [4.69, 9.17) is 10.00 Å². The van der Waals surface area contributed by atoms with Crippen molar-refractivity contribution in [3.05, 3.63) is 16.4 Å². The summed E-state index contributed by atoms with van der Waals surface area (Å²) in [5.41, 5.74) is 0.947. The van der Waals surface area contributed by atoms with Gasteiger partial charge in [-0.1, -0.05) is 0 Å². The first-order chi connectivity index (χ1) is 6.83. The van der Waals surface area contributed by atoms with E-state index in [0.29, 0.717) is 19.1 Å². The molecule has 1 aromatic rings. The molecule has 4 nitrogen and oxygen atoms in total. The standard InChI is InChI=1S/C9H10BrN3O/c10-8-5-12-13(9(8)1-3-11)7-2-4-14-6-7/h5,7H,1-2,4,6H2. The predicted octanol–water partition coefficient (Wildman–Crippen LogP) is 1.67. The summed E-state index contributed by atoms with van der Waals surface area (Å²) in [6.07, 6.45) is 3.11. The topological polar surface area (TPSA) is 50.8 Å². The van der Waals surface area contributed by atoms with Crippen LogP contribution in [-0.4, -0.2) is 23.0 Å². The monoisotopic (exact) mass is 255 g/mol. The molecule has 0 amide bonds. The number of halogens is 1. The van der Waals surface area contributed by atoms with Gasteiger partial charge in [0.15, 0.2) is 0 Å². The maximum atomic E-state index is 8.69. The Kier molecular flexibility index (Phi) is 2.85. The largest absolute Gasteiger partial charge is 0.379 e. The number of rotatable bonds is 2. The Bertz CT molecular complexity index is 363. The molecule has 0 radical (unpaired) electrons. The lowest BCUT2D eigenvalue weighted by Gasteiger charge is -2.11. The lowest BCUT2D eigenvalue weighted by molar-refractivity contribution is 0.184. The third-order valence-corrected chi connectivity index (χ3v) is 3.01. The van der Waals surface area contributed by atoms with Crippen LogP contribution in [0.3, 0.4) is 0 Å². The fraction of sp³-hybridized carbons (Fsp3) is 0.556. The Hall–Kier alpha value is -0.860. The summed E-state index contributed by atoms with van der Waals surface area (Å²) in [4.78, 5) is 0. The maximum Gasteiger partial charge on any atom is 0.0783 e. The van der Waals surface area contributed by atoms with Gasteiger partial charge in [0.1, 0.15) is 0 Å². The van der Waals surface area contributed by atoms with Crippen molar-refractivity contribution in [2.24, 2.45) is 0 Å². The van der Waals surface area contributed by atoms with Crippen molar-refractivity contribution in [2.75, 3.05) is 13.2 Å². The molecule has 0 spiro atoms. The molecule has 1 aliphatic heterocycles. The van der Waals surface area contributed by atoms with Crippen LogP contribution >= 0.6 is 15.9 Å². The highest BCUT2D eigenvalue weighted by molar-refractivity contribution is 9.10. The van der Waals surface area contributed by atoms with Gasteiger partial charge in [0.2, 0.25) is 0 Å². The van der Waals surface area contributed by atoms with Gasteiger partial charge in [-0.15, -0.1) is 0 Å². The highest BCUT2D eigenvalue weighted by Crippen LogP contribution is 2.24. The summed E-state index contributed by atoms with van der Waals surface area (Å²) >= 11 is 3.39. The van der Waals surface area contributed by atoms with Crippen molar-refractivity contribution >= 4 is 15.9 Å². The van der Waals surface area contributed by atoms with Crippen LogP contribution in [0.25, 0.3) is 0 Å². The van der Waals surface area contributed by atoms with E-state index in [1.807, 2.05) is 4.68 Å². The number of hydrogen-bond acceptors (Lipinski definition) is 3. The molecular weight excluding hydrogens is 246 g/mol. The van der Waals surface area contributed by atoms with Gasteiger partial charge in [0.05, 0.1) is 41.5 Å². The molecule has 14 heavy (non-hydrogen) atoms. The van der Waals surface area contributed by atoms with Gasteiger partial charge < -0.3 is 4.74 Å². The zero-order valence-electron chi connectivity index (χ0n) is 7.61. The summed E-state index contributed by atoms with van der Waals surface area (Å²) in [5.74, 6) is 0. The van der Waals surface area contributed by atoms with E-state index >= 15 is 0 Å². The molecule has 2 heterocycles. The van der Waals surface area contributed by atoms with Gasteiger partial charge in [-0.2, -0.15) is 10.4 Å². The molecule has 2 rings (SSSR count). The highest BCUT2D eigenvalue weighted by Gasteiger charge is 2.21. The van der Waals surface area contributed by atoms with E-state index in [1.165, 1.54) is 0 Å². The van der Waals surface area contributed by atoms with Crippen molar-refractivity contribution in [1.29, 1.82) is 5.26 Å². The zero-order valence-corrected chi connectivity index (χ0v) is 9.20. The first-order valence-electron chi connectivity index (χ1n) is 4.49. The molecule has 0 aliphatic carbocycles. The first-order valence-corrected chi connectivity index (χ1v) is 5.29. The number of nitriles is 1. The fourth-order valence-corrected chi connectivity index (χ4v) is 2.05. The molecule has 0 saturated carbocycles. The van der Waals surface area contributed by atoms with E-state index in [9.17, 15) is 0 Å². The van der Waals surface area contributed by atoms with E-state index in [1.54, 1.807) is 6.20 Å². The number of nitrogens with zero attached hydrogens (tertiary/aromatic N) is 3. The highest BCUT2D eigenvalue weighted by atomic mass is 79.9. The Balaban J connectivity index is 2.28. The number of hydrogen-bond donors (Lipinski definition) is 0. The molecule has 1 fully saturated rings. The van der Waals surface area contributed by atoms with Gasteiger partial charge in [0.25, 0.3) is 0 Å². The molecule has 1 unspecified atom stereocenters. The smallest absolute Gasteiger partial charge is 0.0783 e. The molecule has 0 aromatic carbocycles. The van der Waals surface area contributed by atoms with Gasteiger partial charge in [-0.25, -0.2) is 0 Å². The van der Waals surface area contributed by atoms with Gasteiger partial charge in [-0.3, -0.25) is 4.68 Å². The summed E-state index contributed by atoms with van der Waals surface area (Å²) in [6.45, 7) is 1.49. The van der Waals surface area contributed by atoms with Crippen molar-refractivity contribution in [3.8, 4) is 6.07 Å². The molecule has 1 atom stereocenters. The first kappa shape index (κ1) is 9.69. The summed E-state index contributed by atoms with van der Waals surface area (Å²) in [6, 6.07) is 2.44. The molecule has 74 valence electrons. The molecule has 1 aliphatic rings. The molecule has 1 saturated heterocycles. The Morgan fingerprint density at radius 2 is 2.64 bits per heavy atom. The average molecular weight is 256 g/mol. The summed E-state index contributed by atoms with van der Waals surface area (Å²) in [7, 11) is 0. The SMILES string of the molecule is N#CCc1c(Br)cnn1C1CCOC1. The van der Waals surface area contributed by atoms with Crippen LogP contribution in [0.1, 0.15) is 18.2 Å². The predicted molar refractivity (Wildman–Crippen MR) is 53.7 cm³/mol. The second kappa shape index (κ2) is 4.11.